The molecule has 5 nitrogen and oxygen atoms in total. The fourth-order valence-electron chi connectivity index (χ4n) is 3.22. The van der Waals surface area contributed by atoms with Gasteiger partial charge in [-0.1, -0.05) is 57.2 Å². The summed E-state index contributed by atoms with van der Waals surface area (Å²) in [7, 11) is 0. The topological polar surface area (TPSA) is 74.7 Å². The van der Waals surface area contributed by atoms with Crippen LogP contribution in [0.25, 0.3) is 0 Å². The standard InChI is InChI=1S/C21H21NO4/c1-21(2,3)14-10-8-13(9-11-14)17(12-18(23)24)22-19(25)15-6-4-5-7-16(15)20(22)26/h4-11,17H,12H2,1-3H3,(H,23,24). The first-order valence-corrected chi connectivity index (χ1v) is 8.49. The Morgan fingerprint density at radius 2 is 1.46 bits per heavy atom. The quantitative estimate of drug-likeness (QED) is 0.850. The van der Waals surface area contributed by atoms with Gasteiger partial charge in [0.2, 0.25) is 0 Å². The number of nitrogens with zero attached hydrogens (tertiary/aromatic N) is 1. The van der Waals surface area contributed by atoms with Crippen LogP contribution in [0.15, 0.2) is 48.5 Å². The van der Waals surface area contributed by atoms with E-state index in [2.05, 4.69) is 20.8 Å². The Kier molecular flexibility index (Phi) is 4.40. The molecular weight excluding hydrogens is 330 g/mol. The number of benzene rings is 2. The zero-order valence-corrected chi connectivity index (χ0v) is 15.0. The van der Waals surface area contributed by atoms with Gasteiger partial charge in [-0.05, 0) is 28.7 Å². The summed E-state index contributed by atoms with van der Waals surface area (Å²) < 4.78 is 0. The minimum Gasteiger partial charge on any atom is -0.481 e. The second-order valence-electron chi connectivity index (χ2n) is 7.51. The molecule has 134 valence electrons. The van der Waals surface area contributed by atoms with Crippen LogP contribution in [-0.4, -0.2) is 27.8 Å². The molecular formula is C21H21NO4. The minimum absolute atomic E-state index is 0.0453. The summed E-state index contributed by atoms with van der Waals surface area (Å²) in [5.74, 6) is -1.96. The number of fused-ring (bicyclic) bond motifs is 1. The molecule has 1 heterocycles. The molecule has 26 heavy (non-hydrogen) atoms. The molecule has 1 aliphatic heterocycles. The van der Waals surface area contributed by atoms with Gasteiger partial charge in [0.15, 0.2) is 0 Å². The van der Waals surface area contributed by atoms with Crippen molar-refractivity contribution in [1.29, 1.82) is 0 Å². The first kappa shape index (κ1) is 17.9. The normalized spacial score (nSPS) is 15.1. The molecule has 2 aromatic carbocycles. The van der Waals surface area contributed by atoms with Crippen molar-refractivity contribution in [3.63, 3.8) is 0 Å². The Bertz CT molecular complexity index is 843. The maximum Gasteiger partial charge on any atom is 0.305 e. The van der Waals surface area contributed by atoms with Gasteiger partial charge in [0, 0.05) is 0 Å². The fraction of sp³-hybridized carbons (Fsp3) is 0.286. The maximum atomic E-state index is 12.7. The SMILES string of the molecule is CC(C)(C)c1ccc(C(CC(=O)O)N2C(=O)c3ccccc3C2=O)cc1. The van der Waals surface area contributed by atoms with E-state index < -0.39 is 23.8 Å². The van der Waals surface area contributed by atoms with Gasteiger partial charge in [-0.3, -0.25) is 19.3 Å². The number of carbonyl (C=O) groups is 3. The highest BCUT2D eigenvalue weighted by molar-refractivity contribution is 6.21. The molecule has 1 N–H and O–H groups in total. The van der Waals surface area contributed by atoms with Gasteiger partial charge in [-0.2, -0.15) is 0 Å². The first-order valence-electron chi connectivity index (χ1n) is 8.49. The van der Waals surface area contributed by atoms with Gasteiger partial charge in [-0.25, -0.2) is 0 Å². The predicted octanol–water partition coefficient (Wildman–Crippen LogP) is 3.80. The van der Waals surface area contributed by atoms with Crippen LogP contribution in [-0.2, 0) is 10.2 Å². The average Bonchev–Trinajstić information content (AvgIpc) is 2.84. The third-order valence-corrected chi connectivity index (χ3v) is 4.67. The molecule has 0 saturated heterocycles. The molecule has 0 fully saturated rings. The van der Waals surface area contributed by atoms with Crippen LogP contribution >= 0.6 is 0 Å². The summed E-state index contributed by atoms with van der Waals surface area (Å²) >= 11 is 0. The van der Waals surface area contributed by atoms with Crippen LogP contribution in [0.2, 0.25) is 0 Å². The zero-order chi connectivity index (χ0) is 19.1. The molecule has 5 heteroatoms. The van der Waals surface area contributed by atoms with Crippen LogP contribution in [0.1, 0.15) is 65.1 Å². The summed E-state index contributed by atoms with van der Waals surface area (Å²) in [6.45, 7) is 6.25. The number of hydrogen-bond acceptors (Lipinski definition) is 3. The van der Waals surface area contributed by atoms with Crippen LogP contribution in [0.4, 0.5) is 0 Å². The molecule has 3 rings (SSSR count). The van der Waals surface area contributed by atoms with Crippen molar-refractivity contribution < 1.29 is 19.5 Å². The number of carboxylic acids is 1. The third-order valence-electron chi connectivity index (χ3n) is 4.67. The van der Waals surface area contributed by atoms with Crippen LogP contribution < -0.4 is 0 Å². The molecule has 1 unspecified atom stereocenters. The number of imide groups is 1. The Hall–Kier alpha value is -2.95. The van der Waals surface area contributed by atoms with E-state index in [-0.39, 0.29) is 11.8 Å². The zero-order valence-electron chi connectivity index (χ0n) is 15.0. The highest BCUT2D eigenvalue weighted by atomic mass is 16.4. The Morgan fingerprint density at radius 3 is 1.88 bits per heavy atom. The Labute approximate surface area is 152 Å². The summed E-state index contributed by atoms with van der Waals surface area (Å²) in [6.07, 6.45) is -0.333. The lowest BCUT2D eigenvalue weighted by Gasteiger charge is -2.26. The number of carboxylic acid groups (broad SMARTS) is 1. The van der Waals surface area contributed by atoms with Crippen LogP contribution in [0.5, 0.6) is 0 Å². The molecule has 0 spiro atoms. The summed E-state index contributed by atoms with van der Waals surface area (Å²) in [4.78, 5) is 38.0. The smallest absolute Gasteiger partial charge is 0.305 e. The summed E-state index contributed by atoms with van der Waals surface area (Å²) in [6, 6.07) is 13.2. The largest absolute Gasteiger partial charge is 0.481 e. The molecule has 2 amide bonds. The van der Waals surface area contributed by atoms with Gasteiger partial charge in [0.05, 0.1) is 23.6 Å². The first-order chi connectivity index (χ1) is 12.2. The molecule has 0 aliphatic carbocycles. The van der Waals surface area contributed by atoms with E-state index in [0.29, 0.717) is 16.7 Å². The van der Waals surface area contributed by atoms with Crippen LogP contribution in [0.3, 0.4) is 0 Å². The monoisotopic (exact) mass is 351 g/mol. The van der Waals surface area contributed by atoms with Crippen molar-refractivity contribution in [3.05, 3.63) is 70.8 Å². The highest BCUT2D eigenvalue weighted by Gasteiger charge is 2.41. The third kappa shape index (κ3) is 3.12. The lowest BCUT2D eigenvalue weighted by atomic mass is 9.86. The van der Waals surface area contributed by atoms with Gasteiger partial charge in [-0.15, -0.1) is 0 Å². The molecule has 2 aromatic rings. The van der Waals surface area contributed by atoms with Crippen molar-refractivity contribution >= 4 is 17.8 Å². The molecule has 0 bridgehead atoms. The second kappa shape index (κ2) is 6.41. The Morgan fingerprint density at radius 1 is 0.962 bits per heavy atom. The van der Waals surface area contributed by atoms with E-state index in [1.165, 1.54) is 0 Å². The average molecular weight is 351 g/mol. The molecule has 1 atom stereocenters. The summed E-state index contributed by atoms with van der Waals surface area (Å²) in [5, 5.41) is 9.33. The van der Waals surface area contributed by atoms with E-state index in [1.54, 1.807) is 36.4 Å². The van der Waals surface area contributed by atoms with E-state index in [1.807, 2.05) is 12.1 Å². The minimum atomic E-state index is -1.06. The van der Waals surface area contributed by atoms with Gasteiger partial charge < -0.3 is 5.11 Å². The lowest BCUT2D eigenvalue weighted by Crippen LogP contribution is -2.35. The number of amides is 2. The molecule has 0 saturated carbocycles. The highest BCUT2D eigenvalue weighted by Crippen LogP contribution is 2.34. The number of rotatable bonds is 4. The van der Waals surface area contributed by atoms with Crippen molar-refractivity contribution in [2.24, 2.45) is 0 Å². The van der Waals surface area contributed by atoms with E-state index in [0.717, 1.165) is 10.5 Å². The van der Waals surface area contributed by atoms with Crippen molar-refractivity contribution in [2.75, 3.05) is 0 Å². The lowest BCUT2D eigenvalue weighted by molar-refractivity contribution is -0.138. The van der Waals surface area contributed by atoms with Crippen molar-refractivity contribution in [3.8, 4) is 0 Å². The Balaban J connectivity index is 2.01. The van der Waals surface area contributed by atoms with Crippen LogP contribution in [0, 0.1) is 0 Å². The molecule has 0 radical (unpaired) electrons. The second-order valence-corrected chi connectivity index (χ2v) is 7.51. The van der Waals surface area contributed by atoms with Crippen molar-refractivity contribution in [1.82, 2.24) is 4.90 Å². The van der Waals surface area contributed by atoms with E-state index in [9.17, 15) is 19.5 Å². The number of carbonyl (C=O) groups excluding carboxylic acids is 2. The van der Waals surface area contributed by atoms with Gasteiger partial charge in [0.25, 0.3) is 11.8 Å². The fourth-order valence-corrected chi connectivity index (χ4v) is 3.22. The van der Waals surface area contributed by atoms with Gasteiger partial charge >= 0.3 is 5.97 Å². The molecule has 1 aliphatic rings. The number of aliphatic carboxylic acids is 1. The number of hydrogen-bond donors (Lipinski definition) is 1. The van der Waals surface area contributed by atoms with Gasteiger partial charge in [0.1, 0.15) is 0 Å². The maximum absolute atomic E-state index is 12.7. The van der Waals surface area contributed by atoms with E-state index in [4.69, 9.17) is 0 Å². The molecule has 0 aromatic heterocycles. The van der Waals surface area contributed by atoms with E-state index >= 15 is 0 Å². The predicted molar refractivity (Wildman–Crippen MR) is 97.1 cm³/mol. The van der Waals surface area contributed by atoms with Crippen molar-refractivity contribution in [2.45, 2.75) is 38.6 Å². The summed E-state index contributed by atoms with van der Waals surface area (Å²) in [5.41, 5.74) is 2.32.